The Kier molecular flexibility index (Phi) is 5.88. The van der Waals surface area contributed by atoms with Gasteiger partial charge in [-0.25, -0.2) is 0 Å². The molecule has 5 nitrogen and oxygen atoms in total. The van der Waals surface area contributed by atoms with E-state index in [-0.39, 0.29) is 18.4 Å². The summed E-state index contributed by atoms with van der Waals surface area (Å²) in [6.07, 6.45) is 1.29. The predicted molar refractivity (Wildman–Crippen MR) is 48.1 cm³/mol. The first-order chi connectivity index (χ1) is 6.06. The molecule has 0 bridgehead atoms. The molecule has 0 aliphatic rings. The van der Waals surface area contributed by atoms with Crippen molar-refractivity contribution in [1.82, 2.24) is 5.32 Å². The molecule has 0 saturated carbocycles. The minimum Gasteiger partial charge on any atom is -0.481 e. The average molecular weight is 188 g/mol. The number of carboxylic acid groups (broad SMARTS) is 1. The van der Waals surface area contributed by atoms with E-state index in [9.17, 15) is 9.59 Å². The van der Waals surface area contributed by atoms with Crippen molar-refractivity contribution >= 4 is 11.9 Å². The van der Waals surface area contributed by atoms with Crippen LogP contribution in [0.4, 0.5) is 0 Å². The highest BCUT2D eigenvalue weighted by Crippen LogP contribution is 2.01. The summed E-state index contributed by atoms with van der Waals surface area (Å²) in [5.74, 6) is -1.11. The van der Waals surface area contributed by atoms with Crippen LogP contribution in [0.5, 0.6) is 0 Å². The Labute approximate surface area is 77.3 Å². The van der Waals surface area contributed by atoms with Crippen LogP contribution < -0.4 is 11.1 Å². The van der Waals surface area contributed by atoms with Gasteiger partial charge in [0.1, 0.15) is 0 Å². The maximum atomic E-state index is 10.7. The predicted octanol–water partition coefficient (Wildman–Crippen LogP) is -0.295. The van der Waals surface area contributed by atoms with E-state index in [0.29, 0.717) is 13.0 Å². The monoisotopic (exact) mass is 188 g/mol. The molecule has 76 valence electrons. The molecule has 0 unspecified atom stereocenters. The minimum atomic E-state index is -0.907. The number of hydrogen-bond donors (Lipinski definition) is 3. The molecule has 0 aliphatic carbocycles. The number of nitrogens with one attached hydrogen (secondary N) is 1. The van der Waals surface area contributed by atoms with Crippen LogP contribution in [0.2, 0.25) is 0 Å². The first-order valence-electron chi connectivity index (χ1n) is 4.25. The minimum absolute atomic E-state index is 0.0421. The third kappa shape index (κ3) is 7.27. The maximum Gasteiger partial charge on any atom is 0.305 e. The van der Waals surface area contributed by atoms with Gasteiger partial charge in [0.25, 0.3) is 0 Å². The topological polar surface area (TPSA) is 92.4 Å². The second-order valence-electron chi connectivity index (χ2n) is 2.93. The summed E-state index contributed by atoms with van der Waals surface area (Å²) < 4.78 is 0. The van der Waals surface area contributed by atoms with Crippen molar-refractivity contribution in [2.45, 2.75) is 32.2 Å². The maximum absolute atomic E-state index is 10.7. The molecular formula is C8H16N2O3. The van der Waals surface area contributed by atoms with Crippen LogP contribution in [0.25, 0.3) is 0 Å². The zero-order valence-corrected chi connectivity index (χ0v) is 7.75. The Balaban J connectivity index is 3.87. The van der Waals surface area contributed by atoms with E-state index in [4.69, 9.17) is 10.8 Å². The van der Waals surface area contributed by atoms with Crippen molar-refractivity contribution in [1.29, 1.82) is 0 Å². The van der Waals surface area contributed by atoms with Crippen LogP contribution in [-0.4, -0.2) is 29.6 Å². The standard InChI is InChI=1S/C8H16N2O3/c1-6(11)10-7(3-2-4-9)5-8(12)13/h7H,2-5,9H2,1H3,(H,10,11)(H,12,13)/t7-/m1/s1. The molecular weight excluding hydrogens is 172 g/mol. The van der Waals surface area contributed by atoms with Gasteiger partial charge in [-0.2, -0.15) is 0 Å². The number of carbonyl (C=O) groups is 2. The third-order valence-corrected chi connectivity index (χ3v) is 1.59. The van der Waals surface area contributed by atoms with Crippen molar-refractivity contribution in [2.24, 2.45) is 5.73 Å². The van der Waals surface area contributed by atoms with Gasteiger partial charge in [-0.05, 0) is 19.4 Å². The summed E-state index contributed by atoms with van der Waals surface area (Å²) in [5.41, 5.74) is 5.28. The van der Waals surface area contributed by atoms with Gasteiger partial charge < -0.3 is 16.2 Å². The quantitative estimate of drug-likeness (QED) is 0.533. The Morgan fingerprint density at radius 1 is 1.54 bits per heavy atom. The molecule has 0 spiro atoms. The van der Waals surface area contributed by atoms with E-state index in [2.05, 4.69) is 5.32 Å². The third-order valence-electron chi connectivity index (χ3n) is 1.59. The van der Waals surface area contributed by atoms with E-state index in [1.807, 2.05) is 0 Å². The van der Waals surface area contributed by atoms with Gasteiger partial charge in [0.2, 0.25) is 5.91 Å². The van der Waals surface area contributed by atoms with Gasteiger partial charge in [-0.3, -0.25) is 9.59 Å². The van der Waals surface area contributed by atoms with E-state index in [0.717, 1.165) is 6.42 Å². The molecule has 5 heteroatoms. The van der Waals surface area contributed by atoms with Crippen molar-refractivity contribution in [2.75, 3.05) is 6.54 Å². The fourth-order valence-electron chi connectivity index (χ4n) is 1.09. The normalized spacial score (nSPS) is 12.2. The highest BCUT2D eigenvalue weighted by atomic mass is 16.4. The van der Waals surface area contributed by atoms with Crippen LogP contribution in [0, 0.1) is 0 Å². The van der Waals surface area contributed by atoms with Crippen LogP contribution in [-0.2, 0) is 9.59 Å². The lowest BCUT2D eigenvalue weighted by Gasteiger charge is -2.14. The van der Waals surface area contributed by atoms with Gasteiger partial charge in [-0.1, -0.05) is 0 Å². The van der Waals surface area contributed by atoms with Crippen LogP contribution in [0.3, 0.4) is 0 Å². The van der Waals surface area contributed by atoms with Gasteiger partial charge >= 0.3 is 5.97 Å². The van der Waals surface area contributed by atoms with Crippen molar-refractivity contribution in [3.05, 3.63) is 0 Å². The van der Waals surface area contributed by atoms with Crippen LogP contribution in [0.1, 0.15) is 26.2 Å². The van der Waals surface area contributed by atoms with E-state index >= 15 is 0 Å². The van der Waals surface area contributed by atoms with E-state index in [1.165, 1.54) is 6.92 Å². The number of carbonyl (C=O) groups excluding carboxylic acids is 1. The molecule has 0 radical (unpaired) electrons. The van der Waals surface area contributed by atoms with Gasteiger partial charge in [0.05, 0.1) is 6.42 Å². The second kappa shape index (κ2) is 6.42. The number of rotatable bonds is 6. The van der Waals surface area contributed by atoms with Crippen molar-refractivity contribution < 1.29 is 14.7 Å². The zero-order valence-electron chi connectivity index (χ0n) is 7.75. The Morgan fingerprint density at radius 3 is 2.54 bits per heavy atom. The fraction of sp³-hybridized carbons (Fsp3) is 0.750. The molecule has 1 amide bonds. The summed E-state index contributed by atoms with van der Waals surface area (Å²) in [4.78, 5) is 21.0. The van der Waals surface area contributed by atoms with Gasteiger partial charge in [-0.15, -0.1) is 0 Å². The molecule has 0 aliphatic heterocycles. The van der Waals surface area contributed by atoms with Crippen LogP contribution >= 0.6 is 0 Å². The molecule has 0 rings (SSSR count). The number of hydrogen-bond acceptors (Lipinski definition) is 3. The molecule has 0 heterocycles. The summed E-state index contributed by atoms with van der Waals surface area (Å²) >= 11 is 0. The van der Waals surface area contributed by atoms with Crippen molar-refractivity contribution in [3.8, 4) is 0 Å². The first kappa shape index (κ1) is 11.9. The zero-order chi connectivity index (χ0) is 10.3. The number of nitrogens with two attached hydrogens (primary N) is 1. The fourth-order valence-corrected chi connectivity index (χ4v) is 1.09. The van der Waals surface area contributed by atoms with Crippen LogP contribution in [0.15, 0.2) is 0 Å². The van der Waals surface area contributed by atoms with Crippen molar-refractivity contribution in [3.63, 3.8) is 0 Å². The molecule has 0 fully saturated rings. The second-order valence-corrected chi connectivity index (χ2v) is 2.93. The lowest BCUT2D eigenvalue weighted by atomic mass is 10.1. The number of amides is 1. The van der Waals surface area contributed by atoms with E-state index < -0.39 is 5.97 Å². The lowest BCUT2D eigenvalue weighted by Crippen LogP contribution is -2.35. The molecule has 0 aromatic heterocycles. The largest absolute Gasteiger partial charge is 0.481 e. The van der Waals surface area contributed by atoms with Gasteiger partial charge in [0.15, 0.2) is 0 Å². The summed E-state index contributed by atoms with van der Waals surface area (Å²) in [5, 5.41) is 11.1. The number of carboxylic acids is 1. The smallest absolute Gasteiger partial charge is 0.305 e. The SMILES string of the molecule is CC(=O)N[C@H](CCCN)CC(=O)O. The Bertz CT molecular complexity index is 166. The van der Waals surface area contributed by atoms with Gasteiger partial charge in [0, 0.05) is 13.0 Å². The highest BCUT2D eigenvalue weighted by molar-refractivity contribution is 5.74. The molecule has 0 aromatic carbocycles. The molecule has 0 aromatic rings. The molecule has 1 atom stereocenters. The summed E-state index contributed by atoms with van der Waals surface area (Å²) in [6, 6.07) is -0.293. The summed E-state index contributed by atoms with van der Waals surface area (Å²) in [7, 11) is 0. The molecule has 0 saturated heterocycles. The average Bonchev–Trinajstić information content (AvgIpc) is 1.98. The lowest BCUT2D eigenvalue weighted by molar-refractivity contribution is -0.137. The first-order valence-corrected chi connectivity index (χ1v) is 4.25. The summed E-state index contributed by atoms with van der Waals surface area (Å²) in [6.45, 7) is 1.88. The molecule has 13 heavy (non-hydrogen) atoms. The van der Waals surface area contributed by atoms with E-state index in [1.54, 1.807) is 0 Å². The number of aliphatic carboxylic acids is 1. The Hall–Kier alpha value is -1.10. The Morgan fingerprint density at radius 2 is 2.15 bits per heavy atom. The highest BCUT2D eigenvalue weighted by Gasteiger charge is 2.12. The molecule has 4 N–H and O–H groups in total.